The van der Waals surface area contributed by atoms with Crippen LogP contribution in [0.3, 0.4) is 0 Å². The van der Waals surface area contributed by atoms with Crippen molar-refractivity contribution < 1.29 is 0 Å². The summed E-state index contributed by atoms with van der Waals surface area (Å²) < 4.78 is 0. The molecule has 2 N–H and O–H groups in total. The first-order valence-electron chi connectivity index (χ1n) is 3.63. The van der Waals surface area contributed by atoms with E-state index in [1.54, 1.807) is 0 Å². The van der Waals surface area contributed by atoms with Crippen LogP contribution in [0.1, 0.15) is 25.7 Å². The monoisotopic (exact) mass is 111 g/mol. The first-order chi connectivity index (χ1) is 3.88. The van der Waals surface area contributed by atoms with Gasteiger partial charge in [0.25, 0.3) is 0 Å². The maximum atomic E-state index is 5.82. The summed E-state index contributed by atoms with van der Waals surface area (Å²) >= 11 is 0. The van der Waals surface area contributed by atoms with Crippen LogP contribution in [-0.4, -0.2) is 6.04 Å². The van der Waals surface area contributed by atoms with Crippen molar-refractivity contribution in [2.75, 3.05) is 0 Å². The third kappa shape index (κ3) is 0.455. The van der Waals surface area contributed by atoms with E-state index in [2.05, 4.69) is 0 Å². The van der Waals surface area contributed by atoms with Gasteiger partial charge in [-0.25, -0.2) is 0 Å². The second kappa shape index (κ2) is 1.47. The van der Waals surface area contributed by atoms with Crippen LogP contribution < -0.4 is 5.73 Å². The van der Waals surface area contributed by atoms with Gasteiger partial charge in [-0.3, -0.25) is 0 Å². The van der Waals surface area contributed by atoms with E-state index >= 15 is 0 Å². The Morgan fingerprint density at radius 1 is 1.00 bits per heavy atom. The first kappa shape index (κ1) is 4.80. The van der Waals surface area contributed by atoms with E-state index in [1.165, 1.54) is 25.7 Å². The molecule has 1 heteroatoms. The van der Waals surface area contributed by atoms with E-state index in [0.29, 0.717) is 6.04 Å². The van der Waals surface area contributed by atoms with Gasteiger partial charge in [-0.05, 0) is 37.5 Å². The van der Waals surface area contributed by atoms with Gasteiger partial charge in [-0.2, -0.15) is 0 Å². The topological polar surface area (TPSA) is 26.0 Å². The summed E-state index contributed by atoms with van der Waals surface area (Å²) in [5.41, 5.74) is 5.82. The molecule has 3 atom stereocenters. The molecule has 2 aliphatic carbocycles. The van der Waals surface area contributed by atoms with Gasteiger partial charge in [0.15, 0.2) is 0 Å². The molecule has 0 spiro atoms. The predicted molar refractivity (Wildman–Crippen MR) is 33.4 cm³/mol. The van der Waals surface area contributed by atoms with Gasteiger partial charge < -0.3 is 5.73 Å². The smallest absolute Gasteiger partial charge is 0.00699 e. The standard InChI is InChI=1S/C7H13N/c8-7-4-2-5-1-3-6(5)7/h5-7H,1-4,8H2/t5?,6-,7?/m1/s1. The zero-order valence-corrected chi connectivity index (χ0v) is 5.14. The number of hydrogen-bond acceptors (Lipinski definition) is 1. The molecular weight excluding hydrogens is 98.1 g/mol. The second-order valence-electron chi connectivity index (χ2n) is 3.24. The molecule has 2 saturated carbocycles. The molecule has 0 radical (unpaired) electrons. The SMILES string of the molecule is NC1CCC2CC[C@@H]12. The Kier molecular flexibility index (Phi) is 0.884. The fourth-order valence-corrected chi connectivity index (χ4v) is 2.14. The van der Waals surface area contributed by atoms with Gasteiger partial charge in [-0.15, -0.1) is 0 Å². The molecule has 2 aliphatic rings. The van der Waals surface area contributed by atoms with Crippen molar-refractivity contribution in [2.45, 2.75) is 31.7 Å². The lowest BCUT2D eigenvalue weighted by Gasteiger charge is -2.32. The molecule has 8 heavy (non-hydrogen) atoms. The van der Waals surface area contributed by atoms with E-state index in [1.807, 2.05) is 0 Å². The van der Waals surface area contributed by atoms with E-state index in [9.17, 15) is 0 Å². The first-order valence-corrected chi connectivity index (χ1v) is 3.63. The number of fused-ring (bicyclic) bond motifs is 1. The lowest BCUT2D eigenvalue weighted by molar-refractivity contribution is 0.202. The van der Waals surface area contributed by atoms with E-state index in [-0.39, 0.29) is 0 Å². The Balaban J connectivity index is 2.05. The second-order valence-corrected chi connectivity index (χ2v) is 3.24. The lowest BCUT2D eigenvalue weighted by atomic mass is 9.75. The number of nitrogens with two attached hydrogens (primary N) is 1. The van der Waals surface area contributed by atoms with Crippen molar-refractivity contribution in [1.29, 1.82) is 0 Å². The summed E-state index contributed by atoms with van der Waals surface area (Å²) in [5.74, 6) is 1.99. The lowest BCUT2D eigenvalue weighted by Crippen LogP contribution is -2.33. The van der Waals surface area contributed by atoms with Crippen molar-refractivity contribution >= 4 is 0 Å². The van der Waals surface area contributed by atoms with Crippen LogP contribution in [0, 0.1) is 11.8 Å². The van der Waals surface area contributed by atoms with E-state index < -0.39 is 0 Å². The molecule has 2 fully saturated rings. The Labute approximate surface area is 50.3 Å². The molecule has 1 nitrogen and oxygen atoms in total. The van der Waals surface area contributed by atoms with Crippen molar-refractivity contribution in [1.82, 2.24) is 0 Å². The molecule has 0 aromatic rings. The summed E-state index contributed by atoms with van der Waals surface area (Å²) in [6.45, 7) is 0. The molecule has 0 aromatic carbocycles. The molecule has 46 valence electrons. The molecule has 0 saturated heterocycles. The highest BCUT2D eigenvalue weighted by atomic mass is 14.7. The Morgan fingerprint density at radius 2 is 1.75 bits per heavy atom. The zero-order chi connectivity index (χ0) is 5.56. The Morgan fingerprint density at radius 3 is 2.00 bits per heavy atom. The van der Waals surface area contributed by atoms with Crippen LogP contribution in [0.15, 0.2) is 0 Å². The van der Waals surface area contributed by atoms with Crippen LogP contribution in [0.2, 0.25) is 0 Å². The van der Waals surface area contributed by atoms with Gasteiger partial charge in [-0.1, -0.05) is 0 Å². The quantitative estimate of drug-likeness (QED) is 0.498. The number of rotatable bonds is 0. The maximum absolute atomic E-state index is 5.82. The molecule has 2 unspecified atom stereocenters. The highest BCUT2D eigenvalue weighted by molar-refractivity contribution is 4.94. The molecule has 0 amide bonds. The molecule has 0 bridgehead atoms. The van der Waals surface area contributed by atoms with Crippen molar-refractivity contribution in [3.05, 3.63) is 0 Å². The van der Waals surface area contributed by atoms with Crippen LogP contribution in [-0.2, 0) is 0 Å². The van der Waals surface area contributed by atoms with Crippen molar-refractivity contribution in [3.8, 4) is 0 Å². The van der Waals surface area contributed by atoms with Crippen LogP contribution in [0.25, 0.3) is 0 Å². The average molecular weight is 111 g/mol. The van der Waals surface area contributed by atoms with Crippen molar-refractivity contribution in [3.63, 3.8) is 0 Å². The Bertz CT molecular complexity index is 94.6. The van der Waals surface area contributed by atoms with E-state index in [4.69, 9.17) is 5.73 Å². The highest BCUT2D eigenvalue weighted by Gasteiger charge is 2.39. The molecular formula is C7H13N. The van der Waals surface area contributed by atoms with Crippen LogP contribution >= 0.6 is 0 Å². The fourth-order valence-electron chi connectivity index (χ4n) is 2.14. The third-order valence-electron chi connectivity index (χ3n) is 2.90. The highest BCUT2D eigenvalue weighted by Crippen LogP contribution is 2.45. The van der Waals surface area contributed by atoms with Gasteiger partial charge >= 0.3 is 0 Å². The maximum Gasteiger partial charge on any atom is 0.00699 e. The summed E-state index contributed by atoms with van der Waals surface area (Å²) in [4.78, 5) is 0. The van der Waals surface area contributed by atoms with Gasteiger partial charge in [0.05, 0.1) is 0 Å². The minimum atomic E-state index is 0.578. The summed E-state index contributed by atoms with van der Waals surface area (Å²) in [6.07, 6.45) is 5.62. The third-order valence-corrected chi connectivity index (χ3v) is 2.90. The molecule has 0 aliphatic heterocycles. The van der Waals surface area contributed by atoms with Crippen molar-refractivity contribution in [2.24, 2.45) is 17.6 Å². The zero-order valence-electron chi connectivity index (χ0n) is 5.14. The largest absolute Gasteiger partial charge is 0.327 e. The Hall–Kier alpha value is -0.0400. The summed E-state index contributed by atoms with van der Waals surface area (Å²) in [7, 11) is 0. The van der Waals surface area contributed by atoms with Crippen LogP contribution in [0.5, 0.6) is 0 Å². The normalized spacial score (nSPS) is 52.9. The van der Waals surface area contributed by atoms with Crippen LogP contribution in [0.4, 0.5) is 0 Å². The average Bonchev–Trinajstić information content (AvgIpc) is 1.80. The van der Waals surface area contributed by atoms with E-state index in [0.717, 1.165) is 11.8 Å². The predicted octanol–water partition coefficient (Wildman–Crippen LogP) is 1.13. The van der Waals surface area contributed by atoms with Gasteiger partial charge in [0.1, 0.15) is 0 Å². The minimum Gasteiger partial charge on any atom is -0.327 e. The molecule has 2 rings (SSSR count). The van der Waals surface area contributed by atoms with Gasteiger partial charge in [0.2, 0.25) is 0 Å². The number of hydrogen-bond donors (Lipinski definition) is 1. The van der Waals surface area contributed by atoms with Gasteiger partial charge in [0, 0.05) is 6.04 Å². The fraction of sp³-hybridized carbons (Fsp3) is 1.00. The summed E-state index contributed by atoms with van der Waals surface area (Å²) in [6, 6.07) is 0.578. The minimum absolute atomic E-state index is 0.578. The summed E-state index contributed by atoms with van der Waals surface area (Å²) in [5, 5.41) is 0. The molecule has 0 aromatic heterocycles. The molecule has 0 heterocycles.